The van der Waals surface area contributed by atoms with Crippen LogP contribution in [0.25, 0.3) is 0 Å². The van der Waals surface area contributed by atoms with Crippen LogP contribution < -0.4 is 4.74 Å². The molecule has 0 amide bonds. The third-order valence-corrected chi connectivity index (χ3v) is 3.03. The number of hydrogen-bond acceptors (Lipinski definition) is 2. The molecule has 0 fully saturated rings. The van der Waals surface area contributed by atoms with Crippen molar-refractivity contribution in [2.75, 3.05) is 0 Å². The van der Waals surface area contributed by atoms with Crippen molar-refractivity contribution in [3.8, 4) is 5.75 Å². The van der Waals surface area contributed by atoms with Crippen molar-refractivity contribution in [1.29, 1.82) is 0 Å². The quantitative estimate of drug-likeness (QED) is 0.795. The zero-order chi connectivity index (χ0) is 13.0. The fourth-order valence-electron chi connectivity index (χ4n) is 1.64. The van der Waals surface area contributed by atoms with Gasteiger partial charge in [-0.1, -0.05) is 52.3 Å². The third kappa shape index (κ3) is 3.20. The summed E-state index contributed by atoms with van der Waals surface area (Å²) in [5.41, 5.74) is 0.667. The Morgan fingerprint density at radius 1 is 1.11 bits per heavy atom. The van der Waals surface area contributed by atoms with Gasteiger partial charge in [-0.05, 0) is 25.1 Å². The number of benzene rings is 2. The minimum atomic E-state index is -0.498. The van der Waals surface area contributed by atoms with E-state index in [1.54, 1.807) is 19.1 Å². The number of ether oxygens (including phenoxy) is 1. The lowest BCUT2D eigenvalue weighted by Gasteiger charge is -2.13. The van der Waals surface area contributed by atoms with Crippen LogP contribution in [0.5, 0.6) is 5.75 Å². The summed E-state index contributed by atoms with van der Waals surface area (Å²) < 4.78 is 6.56. The van der Waals surface area contributed by atoms with Gasteiger partial charge in [-0.25, -0.2) is 0 Å². The molecule has 0 unspecified atom stereocenters. The SMILES string of the molecule is C[C@H](Oc1cccc(Br)c1)C(=O)c1ccccc1. The van der Waals surface area contributed by atoms with Crippen LogP contribution >= 0.6 is 15.9 Å². The molecule has 1 atom stereocenters. The molecular weight excluding hydrogens is 292 g/mol. The van der Waals surface area contributed by atoms with Gasteiger partial charge in [-0.3, -0.25) is 4.79 Å². The van der Waals surface area contributed by atoms with E-state index in [0.29, 0.717) is 11.3 Å². The molecule has 3 heteroatoms. The van der Waals surface area contributed by atoms with Crippen molar-refractivity contribution in [1.82, 2.24) is 0 Å². The molecule has 2 rings (SSSR count). The fourth-order valence-corrected chi connectivity index (χ4v) is 2.01. The smallest absolute Gasteiger partial charge is 0.202 e. The molecular formula is C15H13BrO2. The molecule has 92 valence electrons. The van der Waals surface area contributed by atoms with E-state index >= 15 is 0 Å². The van der Waals surface area contributed by atoms with E-state index < -0.39 is 6.10 Å². The maximum absolute atomic E-state index is 12.1. The Labute approximate surface area is 115 Å². The first-order valence-corrected chi connectivity index (χ1v) is 6.47. The lowest BCUT2D eigenvalue weighted by atomic mass is 10.1. The highest BCUT2D eigenvalue weighted by Crippen LogP contribution is 2.19. The standard InChI is InChI=1S/C15H13BrO2/c1-11(15(17)12-6-3-2-4-7-12)18-14-9-5-8-13(16)10-14/h2-11H,1H3/t11-/m0/s1. The number of halogens is 1. The van der Waals surface area contributed by atoms with Crippen LogP contribution in [-0.2, 0) is 0 Å². The number of rotatable bonds is 4. The van der Waals surface area contributed by atoms with E-state index in [4.69, 9.17) is 4.74 Å². The van der Waals surface area contributed by atoms with Gasteiger partial charge in [0.05, 0.1) is 0 Å². The highest BCUT2D eigenvalue weighted by molar-refractivity contribution is 9.10. The Bertz CT molecular complexity index is 537. The number of carbonyl (C=O) groups is 1. The summed E-state index contributed by atoms with van der Waals surface area (Å²) in [5, 5.41) is 0. The average Bonchev–Trinajstić information content (AvgIpc) is 2.39. The molecule has 2 aromatic carbocycles. The zero-order valence-electron chi connectivity index (χ0n) is 9.97. The molecule has 0 heterocycles. The van der Waals surface area contributed by atoms with Gasteiger partial charge in [-0.2, -0.15) is 0 Å². The molecule has 0 saturated carbocycles. The molecule has 0 saturated heterocycles. The van der Waals surface area contributed by atoms with Gasteiger partial charge in [0.2, 0.25) is 5.78 Å². The minimum absolute atomic E-state index is 0.0180. The maximum atomic E-state index is 12.1. The topological polar surface area (TPSA) is 26.3 Å². The molecule has 0 aromatic heterocycles. The summed E-state index contributed by atoms with van der Waals surface area (Å²) in [5.74, 6) is 0.664. The first kappa shape index (κ1) is 12.8. The first-order chi connectivity index (χ1) is 8.66. The van der Waals surface area contributed by atoms with Crippen LogP contribution in [0.1, 0.15) is 17.3 Å². The second kappa shape index (κ2) is 5.83. The van der Waals surface area contributed by atoms with Crippen molar-refractivity contribution >= 4 is 21.7 Å². The summed E-state index contributed by atoms with van der Waals surface area (Å²) in [6.07, 6.45) is -0.498. The van der Waals surface area contributed by atoms with E-state index in [9.17, 15) is 4.79 Å². The maximum Gasteiger partial charge on any atom is 0.202 e. The summed E-state index contributed by atoms with van der Waals surface area (Å²) >= 11 is 3.37. The van der Waals surface area contributed by atoms with Gasteiger partial charge in [0, 0.05) is 10.0 Å². The average molecular weight is 305 g/mol. The van der Waals surface area contributed by atoms with E-state index in [1.165, 1.54) is 0 Å². The van der Waals surface area contributed by atoms with Gasteiger partial charge in [-0.15, -0.1) is 0 Å². The monoisotopic (exact) mass is 304 g/mol. The fraction of sp³-hybridized carbons (Fsp3) is 0.133. The van der Waals surface area contributed by atoms with Crippen LogP contribution in [0.15, 0.2) is 59.1 Å². The highest BCUT2D eigenvalue weighted by atomic mass is 79.9. The van der Waals surface area contributed by atoms with E-state index in [1.807, 2.05) is 42.5 Å². The largest absolute Gasteiger partial charge is 0.483 e. The van der Waals surface area contributed by atoms with Crippen LogP contribution in [0, 0.1) is 0 Å². The van der Waals surface area contributed by atoms with Gasteiger partial charge in [0.15, 0.2) is 6.10 Å². The van der Waals surface area contributed by atoms with Crippen molar-refractivity contribution in [3.05, 3.63) is 64.6 Å². The zero-order valence-corrected chi connectivity index (χ0v) is 11.6. The van der Waals surface area contributed by atoms with Crippen molar-refractivity contribution in [3.63, 3.8) is 0 Å². The van der Waals surface area contributed by atoms with E-state index in [0.717, 1.165) is 4.47 Å². The van der Waals surface area contributed by atoms with Crippen molar-refractivity contribution in [2.45, 2.75) is 13.0 Å². The van der Waals surface area contributed by atoms with Gasteiger partial charge < -0.3 is 4.74 Å². The first-order valence-electron chi connectivity index (χ1n) is 5.68. The minimum Gasteiger partial charge on any atom is -0.483 e. The third-order valence-electron chi connectivity index (χ3n) is 2.54. The molecule has 2 aromatic rings. The summed E-state index contributed by atoms with van der Waals surface area (Å²) in [4.78, 5) is 12.1. The van der Waals surface area contributed by atoms with Crippen molar-refractivity contribution in [2.24, 2.45) is 0 Å². The Balaban J connectivity index is 2.09. The molecule has 0 bridgehead atoms. The number of carbonyl (C=O) groups excluding carboxylic acids is 1. The number of ketones is 1. The Hall–Kier alpha value is -1.61. The Kier molecular flexibility index (Phi) is 4.15. The van der Waals surface area contributed by atoms with Crippen LogP contribution in [0.2, 0.25) is 0 Å². The number of Topliss-reactive ketones (excluding diaryl/α,β-unsaturated/α-hetero) is 1. The predicted octanol–water partition coefficient (Wildman–Crippen LogP) is 4.10. The summed E-state index contributed by atoms with van der Waals surface area (Å²) in [6, 6.07) is 16.6. The normalized spacial score (nSPS) is 11.9. The Morgan fingerprint density at radius 2 is 1.83 bits per heavy atom. The lowest BCUT2D eigenvalue weighted by molar-refractivity contribution is 0.0818. The predicted molar refractivity (Wildman–Crippen MR) is 75.0 cm³/mol. The van der Waals surface area contributed by atoms with Crippen LogP contribution in [0.4, 0.5) is 0 Å². The van der Waals surface area contributed by atoms with Crippen LogP contribution in [0.3, 0.4) is 0 Å². The molecule has 2 nitrogen and oxygen atoms in total. The van der Waals surface area contributed by atoms with Crippen LogP contribution in [-0.4, -0.2) is 11.9 Å². The molecule has 0 aliphatic heterocycles. The van der Waals surface area contributed by atoms with Gasteiger partial charge >= 0.3 is 0 Å². The van der Waals surface area contributed by atoms with E-state index in [2.05, 4.69) is 15.9 Å². The van der Waals surface area contributed by atoms with E-state index in [-0.39, 0.29) is 5.78 Å². The molecule has 0 aliphatic rings. The summed E-state index contributed by atoms with van der Waals surface area (Å²) in [7, 11) is 0. The molecule has 0 radical (unpaired) electrons. The lowest BCUT2D eigenvalue weighted by Crippen LogP contribution is -2.23. The van der Waals surface area contributed by atoms with Gasteiger partial charge in [0.1, 0.15) is 5.75 Å². The molecule has 0 N–H and O–H groups in total. The second-order valence-corrected chi connectivity index (χ2v) is 4.86. The molecule has 18 heavy (non-hydrogen) atoms. The number of hydrogen-bond donors (Lipinski definition) is 0. The second-order valence-electron chi connectivity index (χ2n) is 3.95. The molecule has 0 spiro atoms. The highest BCUT2D eigenvalue weighted by Gasteiger charge is 2.16. The summed E-state index contributed by atoms with van der Waals surface area (Å²) in [6.45, 7) is 1.76. The van der Waals surface area contributed by atoms with Gasteiger partial charge in [0.25, 0.3) is 0 Å². The molecule has 0 aliphatic carbocycles. The van der Waals surface area contributed by atoms with Crippen molar-refractivity contribution < 1.29 is 9.53 Å². The Morgan fingerprint density at radius 3 is 2.50 bits per heavy atom.